The molecule has 2 aromatic carbocycles. The fourth-order valence-electron chi connectivity index (χ4n) is 1.83. The Morgan fingerprint density at radius 3 is 2.40 bits per heavy atom. The van der Waals surface area contributed by atoms with Crippen LogP contribution in [0.15, 0.2) is 53.4 Å². The molecule has 2 rings (SSSR count). The number of carbonyl (C=O) groups excluding carboxylic acids is 2. The van der Waals surface area contributed by atoms with E-state index in [9.17, 15) is 9.59 Å². The van der Waals surface area contributed by atoms with Gasteiger partial charge in [-0.2, -0.15) is 5.26 Å². The molecule has 0 aliphatic heterocycles. The van der Waals surface area contributed by atoms with Crippen LogP contribution >= 0.6 is 11.8 Å². The van der Waals surface area contributed by atoms with Crippen LogP contribution in [0.2, 0.25) is 0 Å². The van der Waals surface area contributed by atoms with E-state index >= 15 is 0 Å². The Hall–Kier alpha value is -2.98. The van der Waals surface area contributed by atoms with Crippen molar-refractivity contribution in [2.24, 2.45) is 0 Å². The molecule has 1 amide bonds. The van der Waals surface area contributed by atoms with E-state index < -0.39 is 11.9 Å². The first-order valence-electron chi connectivity index (χ1n) is 7.33. The molecule has 0 unspecified atom stereocenters. The summed E-state index contributed by atoms with van der Waals surface area (Å²) in [4.78, 5) is 24.3. The van der Waals surface area contributed by atoms with E-state index in [-0.39, 0.29) is 12.4 Å². The van der Waals surface area contributed by atoms with Crippen LogP contribution in [-0.4, -0.2) is 31.3 Å². The number of esters is 1. The first kappa shape index (κ1) is 18.4. The molecule has 0 spiro atoms. The molecule has 0 aliphatic carbocycles. The number of benzene rings is 2. The predicted molar refractivity (Wildman–Crippen MR) is 94.5 cm³/mol. The molecule has 128 valence electrons. The zero-order valence-corrected chi connectivity index (χ0v) is 14.3. The second-order valence-electron chi connectivity index (χ2n) is 4.86. The molecule has 0 fully saturated rings. The first-order valence-corrected chi connectivity index (χ1v) is 8.32. The molecule has 0 bridgehead atoms. The Kier molecular flexibility index (Phi) is 6.87. The number of rotatable bonds is 7. The standard InChI is InChI=1S/C18H16N2O4S/c1-23-15-6-8-16(9-7-15)25-12-18(22)24-11-17(21)20-14-4-2-13(10-19)3-5-14/h2-9H,11-12H2,1H3,(H,20,21). The average molecular weight is 356 g/mol. The van der Waals surface area contributed by atoms with Crippen LogP contribution in [0.5, 0.6) is 5.75 Å². The number of hydrogen-bond donors (Lipinski definition) is 1. The normalized spacial score (nSPS) is 9.76. The number of nitriles is 1. The fourth-order valence-corrected chi connectivity index (χ4v) is 2.52. The van der Waals surface area contributed by atoms with E-state index in [1.54, 1.807) is 43.5 Å². The first-order chi connectivity index (χ1) is 12.1. The van der Waals surface area contributed by atoms with Gasteiger partial charge in [-0.25, -0.2) is 0 Å². The SMILES string of the molecule is COc1ccc(SCC(=O)OCC(=O)Nc2ccc(C#N)cc2)cc1. The van der Waals surface area contributed by atoms with Gasteiger partial charge in [0.05, 0.1) is 24.5 Å². The van der Waals surface area contributed by atoms with Gasteiger partial charge in [-0.1, -0.05) is 0 Å². The van der Waals surface area contributed by atoms with Crippen molar-refractivity contribution in [3.05, 3.63) is 54.1 Å². The van der Waals surface area contributed by atoms with Crippen LogP contribution in [0, 0.1) is 11.3 Å². The van der Waals surface area contributed by atoms with Crippen LogP contribution < -0.4 is 10.1 Å². The Morgan fingerprint density at radius 1 is 1.12 bits per heavy atom. The summed E-state index contributed by atoms with van der Waals surface area (Å²) in [5.74, 6) is -0.0640. The molecule has 0 saturated heterocycles. The lowest BCUT2D eigenvalue weighted by Gasteiger charge is -2.07. The number of anilines is 1. The summed E-state index contributed by atoms with van der Waals surface area (Å²) in [6.07, 6.45) is 0. The van der Waals surface area contributed by atoms with E-state index in [1.807, 2.05) is 18.2 Å². The van der Waals surface area contributed by atoms with Gasteiger partial charge in [-0.3, -0.25) is 9.59 Å². The molecule has 0 saturated carbocycles. The summed E-state index contributed by atoms with van der Waals surface area (Å²) in [5, 5.41) is 11.3. The van der Waals surface area contributed by atoms with E-state index in [1.165, 1.54) is 11.8 Å². The van der Waals surface area contributed by atoms with Crippen molar-refractivity contribution in [3.8, 4) is 11.8 Å². The summed E-state index contributed by atoms with van der Waals surface area (Å²) >= 11 is 1.32. The Bertz CT molecular complexity index is 767. The quantitative estimate of drug-likeness (QED) is 0.606. The Morgan fingerprint density at radius 2 is 1.80 bits per heavy atom. The van der Waals surface area contributed by atoms with Crippen molar-refractivity contribution in [1.82, 2.24) is 0 Å². The second kappa shape index (κ2) is 9.35. The van der Waals surface area contributed by atoms with Crippen LogP contribution in [0.4, 0.5) is 5.69 Å². The molecule has 2 aromatic rings. The highest BCUT2D eigenvalue weighted by molar-refractivity contribution is 8.00. The third-order valence-corrected chi connectivity index (χ3v) is 4.06. The smallest absolute Gasteiger partial charge is 0.316 e. The lowest BCUT2D eigenvalue weighted by atomic mass is 10.2. The highest BCUT2D eigenvalue weighted by atomic mass is 32.2. The van der Waals surface area contributed by atoms with Crippen molar-refractivity contribution in [3.63, 3.8) is 0 Å². The van der Waals surface area contributed by atoms with Crippen LogP contribution in [0.1, 0.15) is 5.56 Å². The molecule has 0 atom stereocenters. The predicted octanol–water partition coefficient (Wildman–Crippen LogP) is 2.84. The second-order valence-corrected chi connectivity index (χ2v) is 5.91. The van der Waals surface area contributed by atoms with Crippen LogP contribution in [-0.2, 0) is 14.3 Å². The van der Waals surface area contributed by atoms with Gasteiger partial charge in [0, 0.05) is 10.6 Å². The molecule has 7 heteroatoms. The summed E-state index contributed by atoms with van der Waals surface area (Å²) in [5.41, 5.74) is 1.03. The van der Waals surface area contributed by atoms with Gasteiger partial charge < -0.3 is 14.8 Å². The molecule has 0 aliphatic rings. The lowest BCUT2D eigenvalue weighted by Crippen LogP contribution is -2.21. The largest absolute Gasteiger partial charge is 0.497 e. The number of thioether (sulfide) groups is 1. The van der Waals surface area contributed by atoms with Gasteiger partial charge in [-0.15, -0.1) is 11.8 Å². The van der Waals surface area contributed by atoms with Crippen molar-refractivity contribution < 1.29 is 19.1 Å². The molecular weight excluding hydrogens is 340 g/mol. The Labute approximate surface area is 149 Å². The number of ether oxygens (including phenoxy) is 2. The zero-order chi connectivity index (χ0) is 18.1. The number of nitrogens with one attached hydrogen (secondary N) is 1. The van der Waals surface area contributed by atoms with Crippen molar-refractivity contribution in [1.29, 1.82) is 5.26 Å². The van der Waals surface area contributed by atoms with E-state index in [0.29, 0.717) is 11.3 Å². The summed E-state index contributed by atoms with van der Waals surface area (Å²) in [7, 11) is 1.59. The highest BCUT2D eigenvalue weighted by Crippen LogP contribution is 2.21. The molecule has 1 N–H and O–H groups in total. The summed E-state index contributed by atoms with van der Waals surface area (Å²) in [6.45, 7) is -0.359. The molecule has 25 heavy (non-hydrogen) atoms. The average Bonchev–Trinajstić information content (AvgIpc) is 2.65. The zero-order valence-electron chi connectivity index (χ0n) is 13.5. The summed E-state index contributed by atoms with van der Waals surface area (Å²) in [6, 6.07) is 15.7. The van der Waals surface area contributed by atoms with Crippen LogP contribution in [0.3, 0.4) is 0 Å². The van der Waals surface area contributed by atoms with Gasteiger partial charge in [0.25, 0.3) is 5.91 Å². The number of carbonyl (C=O) groups is 2. The lowest BCUT2D eigenvalue weighted by molar-refractivity contribution is -0.144. The van der Waals surface area contributed by atoms with E-state index in [4.69, 9.17) is 14.7 Å². The molecular formula is C18H16N2O4S. The Balaban J connectivity index is 1.71. The van der Waals surface area contributed by atoms with Gasteiger partial charge in [0.2, 0.25) is 0 Å². The maximum Gasteiger partial charge on any atom is 0.316 e. The highest BCUT2D eigenvalue weighted by Gasteiger charge is 2.09. The number of hydrogen-bond acceptors (Lipinski definition) is 6. The monoisotopic (exact) mass is 356 g/mol. The molecule has 0 radical (unpaired) electrons. The van der Waals surface area contributed by atoms with Gasteiger partial charge in [0.1, 0.15) is 5.75 Å². The van der Waals surface area contributed by atoms with Crippen LogP contribution in [0.25, 0.3) is 0 Å². The maximum absolute atomic E-state index is 11.7. The van der Waals surface area contributed by atoms with Crippen molar-refractivity contribution >= 4 is 29.3 Å². The van der Waals surface area contributed by atoms with Gasteiger partial charge in [-0.05, 0) is 48.5 Å². The minimum Gasteiger partial charge on any atom is -0.497 e. The minimum absolute atomic E-state index is 0.108. The molecule has 0 heterocycles. The third-order valence-electron chi connectivity index (χ3n) is 3.08. The summed E-state index contributed by atoms with van der Waals surface area (Å²) < 4.78 is 10.00. The number of methoxy groups -OCH3 is 1. The van der Waals surface area contributed by atoms with E-state index in [2.05, 4.69) is 5.32 Å². The topological polar surface area (TPSA) is 88.4 Å². The molecule has 6 nitrogen and oxygen atoms in total. The number of amides is 1. The maximum atomic E-state index is 11.7. The number of nitrogens with zero attached hydrogens (tertiary/aromatic N) is 1. The third kappa shape index (κ3) is 6.20. The van der Waals surface area contributed by atoms with Gasteiger partial charge >= 0.3 is 5.97 Å². The van der Waals surface area contributed by atoms with Crippen molar-refractivity contribution in [2.75, 3.05) is 24.8 Å². The van der Waals surface area contributed by atoms with Crippen molar-refractivity contribution in [2.45, 2.75) is 4.90 Å². The fraction of sp³-hybridized carbons (Fsp3) is 0.167. The van der Waals surface area contributed by atoms with Gasteiger partial charge in [0.15, 0.2) is 6.61 Å². The van der Waals surface area contributed by atoms with E-state index in [0.717, 1.165) is 10.6 Å². The minimum atomic E-state index is -0.476. The molecule has 0 aromatic heterocycles.